The van der Waals surface area contributed by atoms with Crippen molar-refractivity contribution in [3.63, 3.8) is 0 Å². The molecule has 0 aromatic carbocycles. The van der Waals surface area contributed by atoms with E-state index in [0.29, 0.717) is 0 Å². The number of nitrogens with one attached hydrogen (secondary N) is 2. The van der Waals surface area contributed by atoms with Crippen molar-refractivity contribution in [3.05, 3.63) is 34.0 Å². The highest BCUT2D eigenvalue weighted by atomic mass is 32.1. The first-order valence-corrected chi connectivity index (χ1v) is 5.06. The van der Waals surface area contributed by atoms with Crippen molar-refractivity contribution in [1.29, 1.82) is 0 Å². The highest BCUT2D eigenvalue weighted by Gasteiger charge is 2.17. The maximum absolute atomic E-state index is 5.49. The zero-order valence-electron chi connectivity index (χ0n) is 7.69. The van der Waals surface area contributed by atoms with Crippen molar-refractivity contribution >= 4 is 11.3 Å². The van der Waals surface area contributed by atoms with Gasteiger partial charge in [0.25, 0.3) is 0 Å². The normalized spacial score (nSPS) is 13.0. The molecule has 0 saturated heterocycles. The molecule has 0 radical (unpaired) electrons. The summed E-state index contributed by atoms with van der Waals surface area (Å²) in [5, 5.41) is 8.64. The van der Waals surface area contributed by atoms with E-state index in [0.717, 1.165) is 11.4 Å². The second kappa shape index (κ2) is 3.87. The van der Waals surface area contributed by atoms with Crippen LogP contribution in [0.15, 0.2) is 17.8 Å². The van der Waals surface area contributed by atoms with Crippen LogP contribution in [-0.4, -0.2) is 15.2 Å². The molecule has 2 aromatic rings. The molecule has 14 heavy (non-hydrogen) atoms. The molecular formula is C8H11N5S. The number of nitrogens with two attached hydrogens (primary N) is 1. The number of aromatic nitrogens is 3. The molecule has 0 saturated carbocycles. The van der Waals surface area contributed by atoms with Gasteiger partial charge >= 0.3 is 0 Å². The summed E-state index contributed by atoms with van der Waals surface area (Å²) in [6.07, 6.45) is 1.47. The van der Waals surface area contributed by atoms with E-state index in [9.17, 15) is 0 Å². The van der Waals surface area contributed by atoms with E-state index in [1.54, 1.807) is 11.3 Å². The lowest BCUT2D eigenvalue weighted by molar-refractivity contribution is 0.603. The third-order valence-electron chi connectivity index (χ3n) is 2.08. The Morgan fingerprint density at radius 3 is 3.00 bits per heavy atom. The Labute approximate surface area is 85.3 Å². The minimum Gasteiger partial charge on any atom is -0.270 e. The van der Waals surface area contributed by atoms with Gasteiger partial charge in [0, 0.05) is 4.88 Å². The molecule has 1 unspecified atom stereocenters. The van der Waals surface area contributed by atoms with Crippen molar-refractivity contribution in [2.24, 2.45) is 5.84 Å². The minimum absolute atomic E-state index is 0.108. The summed E-state index contributed by atoms with van der Waals surface area (Å²) >= 11 is 1.69. The second-order valence-corrected chi connectivity index (χ2v) is 4.02. The number of hydrazine groups is 1. The Hall–Kier alpha value is -1.24. The molecular weight excluding hydrogens is 198 g/mol. The molecule has 5 nitrogen and oxygen atoms in total. The van der Waals surface area contributed by atoms with E-state index >= 15 is 0 Å². The van der Waals surface area contributed by atoms with Crippen LogP contribution in [0, 0.1) is 6.92 Å². The van der Waals surface area contributed by atoms with Crippen LogP contribution >= 0.6 is 11.3 Å². The van der Waals surface area contributed by atoms with E-state index in [4.69, 9.17) is 5.84 Å². The van der Waals surface area contributed by atoms with Gasteiger partial charge in [-0.2, -0.15) is 5.10 Å². The molecule has 0 aliphatic rings. The van der Waals surface area contributed by atoms with E-state index < -0.39 is 0 Å². The van der Waals surface area contributed by atoms with Gasteiger partial charge in [-0.05, 0) is 23.9 Å². The van der Waals surface area contributed by atoms with Crippen LogP contribution in [0.4, 0.5) is 0 Å². The zero-order valence-corrected chi connectivity index (χ0v) is 8.51. The van der Waals surface area contributed by atoms with E-state index in [1.807, 2.05) is 11.4 Å². The summed E-state index contributed by atoms with van der Waals surface area (Å²) < 4.78 is 0. The van der Waals surface area contributed by atoms with Crippen LogP contribution < -0.4 is 11.3 Å². The Bertz CT molecular complexity index is 394. The molecule has 0 fully saturated rings. The van der Waals surface area contributed by atoms with Crippen molar-refractivity contribution < 1.29 is 0 Å². The predicted molar refractivity (Wildman–Crippen MR) is 54.6 cm³/mol. The average Bonchev–Trinajstić information content (AvgIpc) is 2.80. The third-order valence-corrected chi connectivity index (χ3v) is 2.95. The predicted octanol–water partition coefficient (Wildman–Crippen LogP) is 0.727. The monoisotopic (exact) mass is 209 g/mol. The maximum atomic E-state index is 5.49. The molecule has 0 aliphatic heterocycles. The van der Waals surface area contributed by atoms with Gasteiger partial charge in [0.05, 0.1) is 0 Å². The van der Waals surface area contributed by atoms with Gasteiger partial charge in [-0.15, -0.1) is 11.3 Å². The lowest BCUT2D eigenvalue weighted by Gasteiger charge is -2.12. The van der Waals surface area contributed by atoms with Crippen molar-refractivity contribution in [2.45, 2.75) is 13.0 Å². The van der Waals surface area contributed by atoms with Crippen LogP contribution in [0.1, 0.15) is 22.3 Å². The summed E-state index contributed by atoms with van der Waals surface area (Å²) in [5.41, 5.74) is 3.85. The number of H-pyrrole nitrogens is 1. The van der Waals surface area contributed by atoms with Crippen LogP contribution in [0.5, 0.6) is 0 Å². The first kappa shape index (κ1) is 9.32. The van der Waals surface area contributed by atoms with Crippen LogP contribution in [-0.2, 0) is 0 Å². The minimum atomic E-state index is -0.108. The van der Waals surface area contributed by atoms with Gasteiger partial charge in [0.15, 0.2) is 0 Å². The topological polar surface area (TPSA) is 79.6 Å². The van der Waals surface area contributed by atoms with Crippen molar-refractivity contribution in [1.82, 2.24) is 20.6 Å². The fourth-order valence-electron chi connectivity index (χ4n) is 1.36. The molecule has 0 bridgehead atoms. The Morgan fingerprint density at radius 1 is 1.64 bits per heavy atom. The largest absolute Gasteiger partial charge is 0.270 e. The fraction of sp³-hybridized carbons (Fsp3) is 0.250. The second-order valence-electron chi connectivity index (χ2n) is 2.90. The standard InChI is InChI=1S/C8H11N5S/c1-5-6(2-3-14-5)7(12-9)8-10-4-11-13-8/h2-4,7,12H,9H2,1H3,(H,10,11,13). The Balaban J connectivity index is 2.36. The SMILES string of the molecule is Cc1sccc1C(NN)c1ncn[nH]1. The number of thiophene rings is 1. The van der Waals surface area contributed by atoms with E-state index in [-0.39, 0.29) is 6.04 Å². The molecule has 74 valence electrons. The van der Waals surface area contributed by atoms with Crippen molar-refractivity contribution in [2.75, 3.05) is 0 Å². The number of aryl methyl sites for hydroxylation is 1. The lowest BCUT2D eigenvalue weighted by Crippen LogP contribution is -2.29. The number of hydrogen-bond acceptors (Lipinski definition) is 5. The van der Waals surface area contributed by atoms with Crippen LogP contribution in [0.3, 0.4) is 0 Å². The summed E-state index contributed by atoms with van der Waals surface area (Å²) in [7, 11) is 0. The zero-order chi connectivity index (χ0) is 9.97. The molecule has 2 heterocycles. The highest BCUT2D eigenvalue weighted by molar-refractivity contribution is 7.10. The Kier molecular flexibility index (Phi) is 2.58. The number of rotatable bonds is 3. The van der Waals surface area contributed by atoms with Crippen LogP contribution in [0.25, 0.3) is 0 Å². The molecule has 0 amide bonds. The van der Waals surface area contributed by atoms with Gasteiger partial charge in [-0.25, -0.2) is 10.4 Å². The number of nitrogens with zero attached hydrogens (tertiary/aromatic N) is 2. The first-order chi connectivity index (χ1) is 6.83. The third kappa shape index (κ3) is 1.54. The Morgan fingerprint density at radius 2 is 2.50 bits per heavy atom. The van der Waals surface area contributed by atoms with Gasteiger partial charge in [0.1, 0.15) is 18.2 Å². The van der Waals surface area contributed by atoms with Gasteiger partial charge < -0.3 is 0 Å². The summed E-state index contributed by atoms with van der Waals surface area (Å²) in [6.45, 7) is 2.06. The summed E-state index contributed by atoms with van der Waals surface area (Å²) in [6, 6.07) is 1.93. The molecule has 4 N–H and O–H groups in total. The van der Waals surface area contributed by atoms with Gasteiger partial charge in [-0.1, -0.05) is 0 Å². The van der Waals surface area contributed by atoms with Crippen molar-refractivity contribution in [3.8, 4) is 0 Å². The molecule has 2 rings (SSSR count). The molecule has 2 aromatic heterocycles. The van der Waals surface area contributed by atoms with Gasteiger partial charge in [-0.3, -0.25) is 10.9 Å². The molecule has 0 spiro atoms. The number of aromatic amines is 1. The molecule has 0 aliphatic carbocycles. The fourth-order valence-corrected chi connectivity index (χ4v) is 2.11. The summed E-state index contributed by atoms with van der Waals surface area (Å²) in [4.78, 5) is 5.31. The molecule has 1 atom stereocenters. The maximum Gasteiger partial charge on any atom is 0.147 e. The highest BCUT2D eigenvalue weighted by Crippen LogP contribution is 2.25. The van der Waals surface area contributed by atoms with E-state index in [2.05, 4.69) is 27.5 Å². The summed E-state index contributed by atoms with van der Waals surface area (Å²) in [5.74, 6) is 6.22. The first-order valence-electron chi connectivity index (χ1n) is 4.18. The van der Waals surface area contributed by atoms with E-state index in [1.165, 1.54) is 11.2 Å². The number of hydrogen-bond donors (Lipinski definition) is 3. The lowest BCUT2D eigenvalue weighted by atomic mass is 10.1. The van der Waals surface area contributed by atoms with Gasteiger partial charge in [0.2, 0.25) is 0 Å². The smallest absolute Gasteiger partial charge is 0.147 e. The van der Waals surface area contributed by atoms with Crippen LogP contribution in [0.2, 0.25) is 0 Å². The average molecular weight is 209 g/mol. The quantitative estimate of drug-likeness (QED) is 0.514. The molecule has 6 heteroatoms.